The van der Waals surface area contributed by atoms with Crippen molar-refractivity contribution in [1.82, 2.24) is 9.21 Å². The second-order valence-electron chi connectivity index (χ2n) is 5.35. The van der Waals surface area contributed by atoms with Crippen LogP contribution in [0.1, 0.15) is 12.8 Å². The van der Waals surface area contributed by atoms with Gasteiger partial charge in [-0.3, -0.25) is 19.3 Å². The zero-order valence-electron chi connectivity index (χ0n) is 13.1. The molecule has 8 nitrogen and oxygen atoms in total. The number of imide groups is 1. The van der Waals surface area contributed by atoms with Crippen molar-refractivity contribution in [2.75, 3.05) is 26.0 Å². The van der Waals surface area contributed by atoms with Gasteiger partial charge in [0.25, 0.3) is 0 Å². The molecule has 2 rings (SSSR count). The van der Waals surface area contributed by atoms with Crippen LogP contribution in [0, 0.1) is 0 Å². The lowest BCUT2D eigenvalue weighted by atomic mass is 10.3. The van der Waals surface area contributed by atoms with E-state index in [4.69, 9.17) is 11.6 Å². The standard InChI is InChI=1S/C14H16ClN3O5S/c1-17(2)24(22,23)9-3-4-10(15)11(7-9)16-12(19)8-18-13(20)5-6-14(18)21/h3-4,7H,5-6,8H2,1-2H3,(H,16,19). The van der Waals surface area contributed by atoms with Crippen LogP contribution in [0.4, 0.5) is 5.69 Å². The van der Waals surface area contributed by atoms with Crippen molar-refractivity contribution in [3.8, 4) is 0 Å². The summed E-state index contributed by atoms with van der Waals surface area (Å²) in [5, 5.41) is 2.57. The predicted molar refractivity (Wildman–Crippen MR) is 86.9 cm³/mol. The zero-order valence-corrected chi connectivity index (χ0v) is 14.6. The number of rotatable bonds is 5. The fourth-order valence-electron chi connectivity index (χ4n) is 2.10. The van der Waals surface area contributed by atoms with Crippen molar-refractivity contribution in [2.45, 2.75) is 17.7 Å². The summed E-state index contributed by atoms with van der Waals surface area (Å²) in [6.07, 6.45) is 0.173. The van der Waals surface area contributed by atoms with Crippen molar-refractivity contribution >= 4 is 45.0 Å². The second kappa shape index (κ2) is 6.88. The maximum Gasteiger partial charge on any atom is 0.244 e. The number of sulfonamides is 1. The van der Waals surface area contributed by atoms with Gasteiger partial charge in [-0.2, -0.15) is 0 Å². The van der Waals surface area contributed by atoms with Gasteiger partial charge in [0.1, 0.15) is 6.54 Å². The molecule has 0 atom stereocenters. The number of anilines is 1. The third-order valence-electron chi connectivity index (χ3n) is 3.45. The molecule has 1 aromatic carbocycles. The van der Waals surface area contributed by atoms with E-state index in [2.05, 4.69) is 5.32 Å². The Bertz CT molecular complexity index is 791. The first-order valence-corrected chi connectivity index (χ1v) is 8.80. The Kier molecular flexibility index (Phi) is 5.26. The topological polar surface area (TPSA) is 104 Å². The Hall–Kier alpha value is -1.97. The fourth-order valence-corrected chi connectivity index (χ4v) is 3.20. The summed E-state index contributed by atoms with van der Waals surface area (Å²) in [4.78, 5) is 35.9. The molecule has 1 aliphatic heterocycles. The highest BCUT2D eigenvalue weighted by atomic mass is 35.5. The Morgan fingerprint density at radius 3 is 2.38 bits per heavy atom. The Morgan fingerprint density at radius 2 is 1.83 bits per heavy atom. The molecule has 1 fully saturated rings. The molecule has 1 heterocycles. The van der Waals surface area contributed by atoms with Gasteiger partial charge in [-0.15, -0.1) is 0 Å². The summed E-state index contributed by atoms with van der Waals surface area (Å²) in [5.74, 6) is -1.46. The molecule has 24 heavy (non-hydrogen) atoms. The van der Waals surface area contributed by atoms with E-state index in [0.717, 1.165) is 9.21 Å². The van der Waals surface area contributed by atoms with Crippen LogP contribution < -0.4 is 5.32 Å². The zero-order chi connectivity index (χ0) is 18.1. The lowest BCUT2D eigenvalue weighted by molar-refractivity contribution is -0.141. The van der Waals surface area contributed by atoms with Gasteiger partial charge in [0.2, 0.25) is 27.7 Å². The molecule has 1 aliphatic rings. The van der Waals surface area contributed by atoms with Gasteiger partial charge in [-0.05, 0) is 18.2 Å². The third kappa shape index (κ3) is 3.74. The van der Waals surface area contributed by atoms with Crippen LogP contribution in [-0.2, 0) is 24.4 Å². The van der Waals surface area contributed by atoms with E-state index in [1.807, 2.05) is 0 Å². The van der Waals surface area contributed by atoms with Crippen molar-refractivity contribution in [3.63, 3.8) is 0 Å². The molecule has 0 aromatic heterocycles. The van der Waals surface area contributed by atoms with E-state index in [9.17, 15) is 22.8 Å². The summed E-state index contributed by atoms with van der Waals surface area (Å²) in [6.45, 7) is -0.432. The molecular formula is C14H16ClN3O5S. The van der Waals surface area contributed by atoms with Crippen molar-refractivity contribution in [3.05, 3.63) is 23.2 Å². The number of nitrogens with zero attached hydrogens (tertiary/aromatic N) is 2. The second-order valence-corrected chi connectivity index (χ2v) is 7.91. The molecule has 1 saturated heterocycles. The van der Waals surface area contributed by atoms with Crippen LogP contribution in [0.5, 0.6) is 0 Å². The number of likely N-dealkylation sites (tertiary alicyclic amines) is 1. The highest BCUT2D eigenvalue weighted by Crippen LogP contribution is 2.26. The van der Waals surface area contributed by atoms with Gasteiger partial charge in [0.15, 0.2) is 0 Å². The lowest BCUT2D eigenvalue weighted by Crippen LogP contribution is -2.37. The van der Waals surface area contributed by atoms with E-state index in [0.29, 0.717) is 0 Å². The molecule has 1 N–H and O–H groups in total. The number of halogens is 1. The van der Waals surface area contributed by atoms with Crippen LogP contribution in [0.3, 0.4) is 0 Å². The predicted octanol–water partition coefficient (Wildman–Crippen LogP) is 0.678. The van der Waals surface area contributed by atoms with Gasteiger partial charge in [0.05, 0.1) is 15.6 Å². The van der Waals surface area contributed by atoms with Crippen molar-refractivity contribution < 1.29 is 22.8 Å². The maximum atomic E-state index is 12.1. The molecule has 130 valence electrons. The first-order chi connectivity index (χ1) is 11.1. The van der Waals surface area contributed by atoms with E-state index in [1.54, 1.807) is 0 Å². The number of amides is 3. The first-order valence-electron chi connectivity index (χ1n) is 6.98. The van der Waals surface area contributed by atoms with Crippen LogP contribution in [0.2, 0.25) is 5.02 Å². The SMILES string of the molecule is CN(C)S(=O)(=O)c1ccc(Cl)c(NC(=O)CN2C(=O)CCC2=O)c1. The molecule has 10 heteroatoms. The molecule has 1 aromatic rings. The Morgan fingerprint density at radius 1 is 1.25 bits per heavy atom. The maximum absolute atomic E-state index is 12.1. The largest absolute Gasteiger partial charge is 0.323 e. The molecule has 0 aliphatic carbocycles. The van der Waals surface area contributed by atoms with Crippen LogP contribution in [-0.4, -0.2) is 56.0 Å². The number of benzene rings is 1. The van der Waals surface area contributed by atoms with E-state index in [-0.39, 0.29) is 28.4 Å². The van der Waals surface area contributed by atoms with Gasteiger partial charge in [-0.1, -0.05) is 11.6 Å². The summed E-state index contributed by atoms with van der Waals surface area (Å²) in [7, 11) is -0.924. The fraction of sp³-hybridized carbons (Fsp3) is 0.357. The summed E-state index contributed by atoms with van der Waals surface area (Å²) in [6, 6.07) is 3.89. The molecular weight excluding hydrogens is 358 g/mol. The quantitative estimate of drug-likeness (QED) is 0.764. The molecule has 0 bridgehead atoms. The van der Waals surface area contributed by atoms with E-state index in [1.165, 1.54) is 32.3 Å². The molecule has 0 saturated carbocycles. The average Bonchev–Trinajstić information content (AvgIpc) is 2.81. The summed E-state index contributed by atoms with van der Waals surface area (Å²) >= 11 is 5.97. The number of hydrogen-bond acceptors (Lipinski definition) is 5. The van der Waals surface area contributed by atoms with Gasteiger partial charge >= 0.3 is 0 Å². The van der Waals surface area contributed by atoms with E-state index >= 15 is 0 Å². The molecule has 0 spiro atoms. The minimum atomic E-state index is -3.69. The average molecular weight is 374 g/mol. The van der Waals surface area contributed by atoms with Crippen molar-refractivity contribution in [2.24, 2.45) is 0 Å². The van der Waals surface area contributed by atoms with Crippen LogP contribution in [0.25, 0.3) is 0 Å². The van der Waals surface area contributed by atoms with Crippen LogP contribution >= 0.6 is 11.6 Å². The van der Waals surface area contributed by atoms with Crippen LogP contribution in [0.15, 0.2) is 23.1 Å². The third-order valence-corrected chi connectivity index (χ3v) is 5.59. The van der Waals surface area contributed by atoms with Crippen molar-refractivity contribution in [1.29, 1.82) is 0 Å². The summed E-state index contributed by atoms with van der Waals surface area (Å²) in [5.41, 5.74) is 0.0867. The number of nitrogens with one attached hydrogen (secondary N) is 1. The van der Waals surface area contributed by atoms with E-state index < -0.39 is 34.3 Å². The Balaban J connectivity index is 2.19. The molecule has 3 amide bonds. The van der Waals surface area contributed by atoms with Gasteiger partial charge in [-0.25, -0.2) is 12.7 Å². The smallest absolute Gasteiger partial charge is 0.244 e. The summed E-state index contributed by atoms with van der Waals surface area (Å²) < 4.78 is 25.3. The normalized spacial score (nSPS) is 15.2. The molecule has 0 unspecified atom stereocenters. The Labute approximate surface area is 144 Å². The number of carbonyl (C=O) groups excluding carboxylic acids is 3. The van der Waals surface area contributed by atoms with Gasteiger partial charge in [0, 0.05) is 26.9 Å². The number of hydrogen-bond donors (Lipinski definition) is 1. The highest BCUT2D eigenvalue weighted by Gasteiger charge is 2.30. The molecule has 0 radical (unpaired) electrons. The minimum absolute atomic E-state index is 0.0412. The lowest BCUT2D eigenvalue weighted by Gasteiger charge is -2.16. The highest BCUT2D eigenvalue weighted by molar-refractivity contribution is 7.89. The number of carbonyl (C=O) groups is 3. The first kappa shape index (κ1) is 18.4. The van der Waals surface area contributed by atoms with Gasteiger partial charge < -0.3 is 5.32 Å². The monoisotopic (exact) mass is 373 g/mol. The minimum Gasteiger partial charge on any atom is -0.323 e.